The molecule has 0 spiro atoms. The van der Waals surface area contributed by atoms with Crippen molar-refractivity contribution in [3.8, 4) is 11.3 Å². The van der Waals surface area contributed by atoms with E-state index in [1.807, 2.05) is 31.6 Å². The Labute approximate surface area is 154 Å². The molecule has 2 aromatic heterocycles. The molecule has 0 saturated carbocycles. The fraction of sp³-hybridized carbons (Fsp3) is 0.400. The summed E-state index contributed by atoms with van der Waals surface area (Å²) in [5.74, 6) is 0. The molecule has 5 nitrogen and oxygen atoms in total. The van der Waals surface area contributed by atoms with Gasteiger partial charge in [0.2, 0.25) is 0 Å². The highest BCUT2D eigenvalue weighted by Gasteiger charge is 2.52. The van der Waals surface area contributed by atoms with Crippen LogP contribution >= 0.6 is 0 Å². The third-order valence-corrected chi connectivity index (χ3v) is 5.57. The van der Waals surface area contributed by atoms with Crippen molar-refractivity contribution < 1.29 is 9.31 Å². The van der Waals surface area contributed by atoms with Gasteiger partial charge < -0.3 is 9.31 Å². The maximum Gasteiger partial charge on any atom is 0.495 e. The lowest BCUT2D eigenvalue weighted by Gasteiger charge is -2.32. The number of rotatable bonds is 2. The Balaban J connectivity index is 1.82. The Bertz CT molecular complexity index is 978. The lowest BCUT2D eigenvalue weighted by molar-refractivity contribution is 0.00578. The molecule has 0 unspecified atom stereocenters. The topological polar surface area (TPSA) is 49.2 Å². The summed E-state index contributed by atoms with van der Waals surface area (Å²) >= 11 is 0. The first-order valence-corrected chi connectivity index (χ1v) is 8.93. The van der Waals surface area contributed by atoms with Crippen LogP contribution < -0.4 is 5.46 Å². The molecule has 0 atom stereocenters. The highest BCUT2D eigenvalue weighted by molar-refractivity contribution is 6.65. The zero-order valence-electron chi connectivity index (χ0n) is 16.2. The highest BCUT2D eigenvalue weighted by Crippen LogP contribution is 2.37. The molecule has 1 saturated heterocycles. The van der Waals surface area contributed by atoms with Gasteiger partial charge in [-0.2, -0.15) is 5.10 Å². The molecule has 4 rings (SSSR count). The number of pyridine rings is 1. The minimum atomic E-state index is -0.394. The first-order valence-electron chi connectivity index (χ1n) is 8.93. The molecule has 0 radical (unpaired) electrons. The normalized spacial score (nSPS) is 18.6. The zero-order valence-corrected chi connectivity index (χ0v) is 16.2. The van der Waals surface area contributed by atoms with Gasteiger partial charge >= 0.3 is 7.12 Å². The van der Waals surface area contributed by atoms with Gasteiger partial charge in [0.25, 0.3) is 0 Å². The molecule has 134 valence electrons. The van der Waals surface area contributed by atoms with Crippen molar-refractivity contribution in [3.05, 3.63) is 42.2 Å². The second-order valence-electron chi connectivity index (χ2n) is 8.06. The molecule has 26 heavy (non-hydrogen) atoms. The molecule has 1 aliphatic heterocycles. The standard InChI is InChI=1S/C20H24BN3O2/c1-13-10-15-16(21-25-19(2,3)20(4,5)26-21)8-7-9-17(15)23-18(13)14-11-22-24(6)12-14/h7-12H,1-6H3. The lowest BCUT2D eigenvalue weighted by atomic mass is 9.76. The van der Waals surface area contributed by atoms with Crippen molar-refractivity contribution in [3.63, 3.8) is 0 Å². The first-order chi connectivity index (χ1) is 12.2. The molecule has 3 heterocycles. The van der Waals surface area contributed by atoms with Gasteiger partial charge in [-0.3, -0.25) is 4.68 Å². The average Bonchev–Trinajstić information content (AvgIpc) is 3.07. The lowest BCUT2D eigenvalue weighted by Crippen LogP contribution is -2.41. The summed E-state index contributed by atoms with van der Waals surface area (Å²) in [6.45, 7) is 10.4. The molecule has 1 fully saturated rings. The number of aromatic nitrogens is 3. The molecule has 3 aromatic rings. The number of hydrogen-bond acceptors (Lipinski definition) is 4. The largest absolute Gasteiger partial charge is 0.495 e. The fourth-order valence-electron chi connectivity index (χ4n) is 3.33. The molecule has 0 aliphatic carbocycles. The third kappa shape index (κ3) is 2.64. The number of fused-ring (bicyclic) bond motifs is 1. The van der Waals surface area contributed by atoms with Crippen LogP contribution in [-0.2, 0) is 16.4 Å². The van der Waals surface area contributed by atoms with E-state index in [0.717, 1.165) is 33.2 Å². The van der Waals surface area contributed by atoms with Crippen molar-refractivity contribution in [1.82, 2.24) is 14.8 Å². The zero-order chi connectivity index (χ0) is 18.7. The number of aryl methyl sites for hydroxylation is 2. The second-order valence-corrected chi connectivity index (χ2v) is 8.06. The van der Waals surface area contributed by atoms with Crippen LogP contribution in [0.2, 0.25) is 0 Å². The fourth-order valence-corrected chi connectivity index (χ4v) is 3.33. The van der Waals surface area contributed by atoms with Crippen LogP contribution in [0.3, 0.4) is 0 Å². The monoisotopic (exact) mass is 349 g/mol. The van der Waals surface area contributed by atoms with Gasteiger partial charge in [0.05, 0.1) is 28.6 Å². The van der Waals surface area contributed by atoms with Gasteiger partial charge in [-0.1, -0.05) is 12.1 Å². The Hall–Kier alpha value is -2.18. The van der Waals surface area contributed by atoms with Crippen molar-refractivity contribution in [2.75, 3.05) is 0 Å². The summed E-state index contributed by atoms with van der Waals surface area (Å²) in [6, 6.07) is 8.28. The number of benzene rings is 1. The van der Waals surface area contributed by atoms with E-state index in [2.05, 4.69) is 51.9 Å². The smallest absolute Gasteiger partial charge is 0.399 e. The summed E-state index contributed by atoms with van der Waals surface area (Å²) in [7, 11) is 1.52. The Kier molecular flexibility index (Phi) is 3.76. The quantitative estimate of drug-likeness (QED) is 0.667. The van der Waals surface area contributed by atoms with Gasteiger partial charge in [-0.15, -0.1) is 0 Å². The minimum Gasteiger partial charge on any atom is -0.399 e. The molecule has 0 amide bonds. The predicted molar refractivity (Wildman–Crippen MR) is 104 cm³/mol. The molecule has 6 heteroatoms. The van der Waals surface area contributed by atoms with E-state index in [9.17, 15) is 0 Å². The van der Waals surface area contributed by atoms with E-state index in [1.54, 1.807) is 4.68 Å². The maximum absolute atomic E-state index is 6.25. The van der Waals surface area contributed by atoms with E-state index in [0.29, 0.717) is 0 Å². The van der Waals surface area contributed by atoms with Crippen molar-refractivity contribution >= 4 is 23.5 Å². The van der Waals surface area contributed by atoms with Crippen molar-refractivity contribution in [2.24, 2.45) is 7.05 Å². The molecule has 0 bridgehead atoms. The summed E-state index contributed by atoms with van der Waals surface area (Å²) in [6.07, 6.45) is 3.83. The molecule has 0 N–H and O–H groups in total. The summed E-state index contributed by atoms with van der Waals surface area (Å²) < 4.78 is 14.3. The van der Waals surface area contributed by atoms with Gasteiger partial charge in [0.1, 0.15) is 0 Å². The van der Waals surface area contributed by atoms with Gasteiger partial charge in [-0.05, 0) is 57.8 Å². The molecule has 1 aromatic carbocycles. The molecular formula is C20H24BN3O2. The van der Waals surface area contributed by atoms with E-state index in [1.165, 1.54) is 0 Å². The summed E-state index contributed by atoms with van der Waals surface area (Å²) in [5, 5.41) is 5.33. The minimum absolute atomic E-state index is 0.363. The first kappa shape index (κ1) is 17.2. The van der Waals surface area contributed by atoms with Gasteiger partial charge in [0, 0.05) is 24.2 Å². The number of nitrogens with zero attached hydrogens (tertiary/aromatic N) is 3. The van der Waals surface area contributed by atoms with Crippen LogP contribution in [0.25, 0.3) is 22.2 Å². The van der Waals surface area contributed by atoms with E-state index in [-0.39, 0.29) is 11.2 Å². The molecule has 1 aliphatic rings. The van der Waals surface area contributed by atoms with E-state index < -0.39 is 7.12 Å². The van der Waals surface area contributed by atoms with E-state index >= 15 is 0 Å². The van der Waals surface area contributed by atoms with Crippen LogP contribution in [0.1, 0.15) is 33.3 Å². The Morgan fingerprint density at radius 2 is 1.77 bits per heavy atom. The van der Waals surface area contributed by atoms with Crippen molar-refractivity contribution in [1.29, 1.82) is 0 Å². The third-order valence-electron chi connectivity index (χ3n) is 5.57. The SMILES string of the molecule is Cc1cc2c(B3OC(C)(C)C(C)(C)O3)cccc2nc1-c1cnn(C)c1. The molecular weight excluding hydrogens is 325 g/mol. The average molecular weight is 349 g/mol. The van der Waals surface area contributed by atoms with Crippen LogP contribution in [-0.4, -0.2) is 33.1 Å². The summed E-state index contributed by atoms with van der Waals surface area (Å²) in [5.41, 5.74) is 4.31. The predicted octanol–water partition coefficient (Wildman–Crippen LogP) is 3.24. The van der Waals surface area contributed by atoms with Gasteiger partial charge in [0.15, 0.2) is 0 Å². The van der Waals surface area contributed by atoms with Crippen LogP contribution in [0.15, 0.2) is 36.7 Å². The maximum atomic E-state index is 6.25. The Morgan fingerprint density at radius 3 is 2.38 bits per heavy atom. The van der Waals surface area contributed by atoms with E-state index in [4.69, 9.17) is 14.3 Å². The second kappa shape index (κ2) is 5.66. The van der Waals surface area contributed by atoms with Crippen LogP contribution in [0, 0.1) is 6.92 Å². The van der Waals surface area contributed by atoms with Gasteiger partial charge in [-0.25, -0.2) is 4.98 Å². The van der Waals surface area contributed by atoms with Crippen LogP contribution in [0.4, 0.5) is 0 Å². The highest BCUT2D eigenvalue weighted by atomic mass is 16.7. The number of hydrogen-bond donors (Lipinski definition) is 0. The van der Waals surface area contributed by atoms with Crippen molar-refractivity contribution in [2.45, 2.75) is 45.8 Å². The summed E-state index contributed by atoms with van der Waals surface area (Å²) in [4.78, 5) is 4.90. The van der Waals surface area contributed by atoms with Crippen LogP contribution in [0.5, 0.6) is 0 Å². The Morgan fingerprint density at radius 1 is 1.08 bits per heavy atom.